The Balaban J connectivity index is 0.00000220. The number of halogens is 5. The standard InChI is InChI=1S/C12H14F3N3O2.2ClH/c13-12(14,15)7-20-11-9(2-1-3-17-11)10(19)18-6-8-4-16-5-8;;/h1-3,8,16H,4-7H2,(H,18,19);2*1H. The van der Waals surface area contributed by atoms with Gasteiger partial charge in [-0.25, -0.2) is 4.98 Å². The number of amides is 1. The first-order valence-corrected chi connectivity index (χ1v) is 6.09. The highest BCUT2D eigenvalue weighted by Crippen LogP contribution is 2.20. The molecule has 0 radical (unpaired) electrons. The van der Waals surface area contributed by atoms with Crippen LogP contribution in [0, 0.1) is 5.92 Å². The number of aromatic nitrogens is 1. The van der Waals surface area contributed by atoms with E-state index in [9.17, 15) is 18.0 Å². The lowest BCUT2D eigenvalue weighted by Crippen LogP contribution is -2.48. The number of ether oxygens (including phenoxy) is 1. The number of nitrogens with one attached hydrogen (secondary N) is 2. The predicted octanol–water partition coefficient (Wildman–Crippen LogP) is 1.82. The third-order valence-corrected chi connectivity index (χ3v) is 2.81. The molecular weight excluding hydrogens is 346 g/mol. The van der Waals surface area contributed by atoms with Crippen molar-refractivity contribution in [3.05, 3.63) is 23.9 Å². The van der Waals surface area contributed by atoms with Crippen molar-refractivity contribution in [2.24, 2.45) is 5.92 Å². The third kappa shape index (κ3) is 6.25. The lowest BCUT2D eigenvalue weighted by atomic mass is 10.0. The van der Waals surface area contributed by atoms with Gasteiger partial charge in [0.15, 0.2) is 6.61 Å². The molecule has 1 aromatic heterocycles. The highest BCUT2D eigenvalue weighted by Gasteiger charge is 2.29. The summed E-state index contributed by atoms with van der Waals surface area (Å²) in [7, 11) is 0. The summed E-state index contributed by atoms with van der Waals surface area (Å²) in [6, 6.07) is 2.85. The number of alkyl halides is 3. The van der Waals surface area contributed by atoms with E-state index in [4.69, 9.17) is 0 Å². The van der Waals surface area contributed by atoms with Crippen LogP contribution < -0.4 is 15.4 Å². The second-order valence-electron chi connectivity index (χ2n) is 4.49. The Hall–Kier alpha value is -1.25. The van der Waals surface area contributed by atoms with Gasteiger partial charge in [-0.1, -0.05) is 0 Å². The first-order valence-electron chi connectivity index (χ1n) is 6.09. The van der Waals surface area contributed by atoms with Crippen LogP contribution in [-0.4, -0.2) is 43.3 Å². The molecule has 126 valence electrons. The minimum absolute atomic E-state index is 0. The summed E-state index contributed by atoms with van der Waals surface area (Å²) in [4.78, 5) is 15.6. The zero-order valence-electron chi connectivity index (χ0n) is 11.4. The van der Waals surface area contributed by atoms with E-state index in [1.807, 2.05) is 0 Å². The van der Waals surface area contributed by atoms with E-state index in [-0.39, 0.29) is 36.3 Å². The molecule has 0 unspecified atom stereocenters. The number of nitrogens with zero attached hydrogens (tertiary/aromatic N) is 1. The molecule has 1 aliphatic heterocycles. The van der Waals surface area contributed by atoms with Crippen LogP contribution in [0.2, 0.25) is 0 Å². The molecule has 1 amide bonds. The zero-order chi connectivity index (χ0) is 14.6. The number of hydrogen-bond donors (Lipinski definition) is 2. The van der Waals surface area contributed by atoms with Crippen molar-refractivity contribution in [2.75, 3.05) is 26.2 Å². The minimum atomic E-state index is -4.47. The SMILES string of the molecule is Cl.Cl.O=C(NCC1CNC1)c1cccnc1OCC(F)(F)F. The summed E-state index contributed by atoms with van der Waals surface area (Å²) in [5.41, 5.74) is 0.00373. The normalized spacial score (nSPS) is 14.1. The van der Waals surface area contributed by atoms with E-state index >= 15 is 0 Å². The summed E-state index contributed by atoms with van der Waals surface area (Å²) in [5.74, 6) is -0.439. The Morgan fingerprint density at radius 1 is 1.41 bits per heavy atom. The molecule has 0 aliphatic carbocycles. The highest BCUT2D eigenvalue weighted by molar-refractivity contribution is 5.96. The fraction of sp³-hybridized carbons (Fsp3) is 0.500. The minimum Gasteiger partial charge on any atom is -0.467 e. The zero-order valence-corrected chi connectivity index (χ0v) is 13.0. The number of carbonyl (C=O) groups excluding carboxylic acids is 1. The van der Waals surface area contributed by atoms with Gasteiger partial charge in [-0.05, 0) is 12.1 Å². The summed E-state index contributed by atoms with van der Waals surface area (Å²) in [6.07, 6.45) is -3.19. The van der Waals surface area contributed by atoms with Crippen molar-refractivity contribution < 1.29 is 22.7 Å². The van der Waals surface area contributed by atoms with Crippen LogP contribution in [0.1, 0.15) is 10.4 Å². The smallest absolute Gasteiger partial charge is 0.422 e. The average molecular weight is 362 g/mol. The van der Waals surface area contributed by atoms with Crippen LogP contribution in [-0.2, 0) is 0 Å². The van der Waals surface area contributed by atoms with Crippen LogP contribution in [0.25, 0.3) is 0 Å². The van der Waals surface area contributed by atoms with E-state index in [1.54, 1.807) is 0 Å². The largest absolute Gasteiger partial charge is 0.467 e. The van der Waals surface area contributed by atoms with Crippen molar-refractivity contribution in [3.8, 4) is 5.88 Å². The quantitative estimate of drug-likeness (QED) is 0.839. The molecule has 1 aliphatic rings. The molecule has 2 rings (SSSR count). The maximum Gasteiger partial charge on any atom is 0.422 e. The Bertz CT molecular complexity index is 485. The van der Waals surface area contributed by atoms with Gasteiger partial charge < -0.3 is 15.4 Å². The van der Waals surface area contributed by atoms with Gasteiger partial charge in [0, 0.05) is 31.7 Å². The molecule has 10 heteroatoms. The molecule has 0 bridgehead atoms. The first kappa shape index (κ1) is 20.8. The van der Waals surface area contributed by atoms with Gasteiger partial charge in [0.1, 0.15) is 5.56 Å². The van der Waals surface area contributed by atoms with Crippen molar-refractivity contribution in [1.82, 2.24) is 15.6 Å². The summed E-state index contributed by atoms with van der Waals surface area (Å²) in [6.45, 7) is 0.645. The van der Waals surface area contributed by atoms with Crippen LogP contribution in [0.15, 0.2) is 18.3 Å². The molecule has 0 saturated carbocycles. The van der Waals surface area contributed by atoms with Gasteiger partial charge in [0.05, 0.1) is 0 Å². The van der Waals surface area contributed by atoms with Crippen LogP contribution in [0.5, 0.6) is 5.88 Å². The lowest BCUT2D eigenvalue weighted by molar-refractivity contribution is -0.154. The molecule has 2 N–H and O–H groups in total. The maximum absolute atomic E-state index is 12.1. The van der Waals surface area contributed by atoms with Crippen molar-refractivity contribution in [3.63, 3.8) is 0 Å². The molecule has 0 atom stereocenters. The fourth-order valence-electron chi connectivity index (χ4n) is 1.65. The number of carbonyl (C=O) groups is 1. The topological polar surface area (TPSA) is 63.2 Å². The molecule has 22 heavy (non-hydrogen) atoms. The second-order valence-corrected chi connectivity index (χ2v) is 4.49. The Kier molecular flexibility index (Phi) is 8.50. The molecule has 1 fully saturated rings. The fourth-order valence-corrected chi connectivity index (χ4v) is 1.65. The van der Waals surface area contributed by atoms with Gasteiger partial charge in [-0.3, -0.25) is 4.79 Å². The molecule has 1 saturated heterocycles. The van der Waals surface area contributed by atoms with E-state index in [1.165, 1.54) is 18.3 Å². The third-order valence-electron chi connectivity index (χ3n) is 2.81. The first-order chi connectivity index (χ1) is 9.46. The monoisotopic (exact) mass is 361 g/mol. The summed E-state index contributed by atoms with van der Waals surface area (Å²) >= 11 is 0. The van der Waals surface area contributed by atoms with E-state index < -0.39 is 18.7 Å². The van der Waals surface area contributed by atoms with Crippen molar-refractivity contribution in [1.29, 1.82) is 0 Å². The second kappa shape index (κ2) is 9.02. The Labute approximate surface area is 137 Å². The van der Waals surface area contributed by atoms with Crippen LogP contribution in [0.4, 0.5) is 13.2 Å². The highest BCUT2D eigenvalue weighted by atomic mass is 35.5. The molecule has 0 spiro atoms. The average Bonchev–Trinajstić information content (AvgIpc) is 2.34. The van der Waals surface area contributed by atoms with Crippen molar-refractivity contribution in [2.45, 2.75) is 6.18 Å². The predicted molar refractivity (Wildman–Crippen MR) is 79.0 cm³/mol. The van der Waals surface area contributed by atoms with E-state index in [0.29, 0.717) is 12.5 Å². The van der Waals surface area contributed by atoms with Gasteiger partial charge in [-0.2, -0.15) is 13.2 Å². The number of hydrogen-bond acceptors (Lipinski definition) is 4. The molecule has 5 nitrogen and oxygen atoms in total. The summed E-state index contributed by atoms with van der Waals surface area (Å²) < 4.78 is 40.9. The Morgan fingerprint density at radius 2 is 2.09 bits per heavy atom. The molecule has 1 aromatic rings. The van der Waals surface area contributed by atoms with Crippen LogP contribution in [0.3, 0.4) is 0 Å². The number of pyridine rings is 1. The molecule has 0 aromatic carbocycles. The van der Waals surface area contributed by atoms with Gasteiger partial charge in [0.25, 0.3) is 5.91 Å². The number of rotatable bonds is 5. The lowest BCUT2D eigenvalue weighted by Gasteiger charge is -2.27. The van der Waals surface area contributed by atoms with Gasteiger partial charge in [-0.15, -0.1) is 24.8 Å². The van der Waals surface area contributed by atoms with Crippen LogP contribution >= 0.6 is 24.8 Å². The summed E-state index contributed by atoms with van der Waals surface area (Å²) in [5, 5.41) is 5.72. The maximum atomic E-state index is 12.1. The van der Waals surface area contributed by atoms with E-state index in [2.05, 4.69) is 20.4 Å². The van der Waals surface area contributed by atoms with Gasteiger partial charge >= 0.3 is 6.18 Å². The molecule has 2 heterocycles. The Morgan fingerprint density at radius 3 is 2.64 bits per heavy atom. The van der Waals surface area contributed by atoms with E-state index in [0.717, 1.165) is 13.1 Å². The van der Waals surface area contributed by atoms with Crippen molar-refractivity contribution >= 4 is 30.7 Å². The molecular formula is C12H16Cl2F3N3O2. The van der Waals surface area contributed by atoms with Gasteiger partial charge in [0.2, 0.25) is 5.88 Å².